The normalized spacial score (nSPS) is 11.8. The molecule has 1 amide bonds. The van der Waals surface area contributed by atoms with E-state index in [9.17, 15) is 17.6 Å². The molecule has 0 fully saturated rings. The Morgan fingerprint density at radius 3 is 1.95 bits per heavy atom. The summed E-state index contributed by atoms with van der Waals surface area (Å²) in [4.78, 5) is 12.9. The molecule has 1 N–H and O–H groups in total. The second-order valence-electron chi connectivity index (χ2n) is 7.91. The van der Waals surface area contributed by atoms with Crippen LogP contribution < -0.4 is 28.6 Å². The van der Waals surface area contributed by atoms with E-state index in [1.165, 1.54) is 58.8 Å². The average Bonchev–Trinajstić information content (AvgIpc) is 2.91. The summed E-state index contributed by atoms with van der Waals surface area (Å²) in [5.41, 5.74) is 0.840. The summed E-state index contributed by atoms with van der Waals surface area (Å²) in [7, 11) is 1.58. The van der Waals surface area contributed by atoms with Crippen molar-refractivity contribution in [3.63, 3.8) is 0 Å². The van der Waals surface area contributed by atoms with Gasteiger partial charge in [0.05, 0.1) is 45.1 Å². The number of anilines is 1. The van der Waals surface area contributed by atoms with Gasteiger partial charge in [-0.1, -0.05) is 6.07 Å². The van der Waals surface area contributed by atoms with E-state index in [-0.39, 0.29) is 16.3 Å². The molecular formula is C26H29FN2O7S. The number of nitrogens with one attached hydrogen (secondary N) is 1. The van der Waals surface area contributed by atoms with Gasteiger partial charge in [-0.05, 0) is 61.0 Å². The Morgan fingerprint density at radius 1 is 0.838 bits per heavy atom. The number of amides is 1. The van der Waals surface area contributed by atoms with Crippen molar-refractivity contribution in [1.29, 1.82) is 0 Å². The van der Waals surface area contributed by atoms with Gasteiger partial charge in [0.15, 0.2) is 23.0 Å². The molecule has 3 aromatic rings. The van der Waals surface area contributed by atoms with Gasteiger partial charge in [0.1, 0.15) is 12.4 Å². The third-order valence-corrected chi connectivity index (χ3v) is 7.40. The van der Waals surface area contributed by atoms with Crippen LogP contribution in [0.3, 0.4) is 0 Å². The smallest absolute Gasteiger partial charge is 0.264 e. The maximum atomic E-state index is 13.7. The van der Waals surface area contributed by atoms with Crippen LogP contribution in [0.5, 0.6) is 23.0 Å². The number of methoxy groups -OCH3 is 4. The van der Waals surface area contributed by atoms with Gasteiger partial charge in [-0.15, -0.1) is 0 Å². The highest BCUT2D eigenvalue weighted by Gasteiger charge is 2.29. The van der Waals surface area contributed by atoms with Crippen LogP contribution in [0.1, 0.15) is 18.5 Å². The van der Waals surface area contributed by atoms with Gasteiger partial charge in [-0.2, -0.15) is 0 Å². The lowest BCUT2D eigenvalue weighted by molar-refractivity contribution is -0.120. The number of benzene rings is 3. The maximum absolute atomic E-state index is 13.7. The molecule has 0 aliphatic rings. The number of nitrogens with zero attached hydrogens (tertiary/aromatic N) is 1. The summed E-state index contributed by atoms with van der Waals surface area (Å²) in [6, 6.07) is 13.6. The standard InChI is InChI=1S/C26H29FN2O7S/c1-17(18-6-12-22(33-2)24(14-18)35-4)28-26(30)16-29(20-9-7-19(27)8-10-20)37(31,32)21-11-13-23(34-3)25(15-21)36-5/h6-15,17H,16H2,1-5H3,(H,28,30)/t17-/m0/s1. The van der Waals surface area contributed by atoms with E-state index >= 15 is 0 Å². The molecule has 198 valence electrons. The highest BCUT2D eigenvalue weighted by Crippen LogP contribution is 2.33. The molecule has 0 heterocycles. The molecule has 0 aromatic heterocycles. The quantitative estimate of drug-likeness (QED) is 0.399. The first-order valence-corrected chi connectivity index (χ1v) is 12.6. The summed E-state index contributed by atoms with van der Waals surface area (Å²) in [5, 5.41) is 2.80. The molecule has 3 rings (SSSR count). The summed E-state index contributed by atoms with van der Waals surface area (Å²) in [5.74, 6) is 0.457. The first-order chi connectivity index (χ1) is 17.6. The lowest BCUT2D eigenvalue weighted by Crippen LogP contribution is -2.41. The molecule has 9 nitrogen and oxygen atoms in total. The Hall–Kier alpha value is -3.99. The van der Waals surface area contributed by atoms with Crippen LogP contribution in [0, 0.1) is 5.82 Å². The van der Waals surface area contributed by atoms with Crippen LogP contribution in [-0.2, 0) is 14.8 Å². The number of ether oxygens (including phenoxy) is 4. The Balaban J connectivity index is 1.92. The van der Waals surface area contributed by atoms with Crippen LogP contribution in [0.2, 0.25) is 0 Å². The summed E-state index contributed by atoms with van der Waals surface area (Å²) in [6.45, 7) is 1.20. The number of rotatable bonds is 11. The number of sulfonamides is 1. The van der Waals surface area contributed by atoms with Gasteiger partial charge in [-0.3, -0.25) is 9.10 Å². The summed E-state index contributed by atoms with van der Waals surface area (Å²) < 4.78 is 62.8. The monoisotopic (exact) mass is 532 g/mol. The number of halogens is 1. The van der Waals surface area contributed by atoms with E-state index < -0.39 is 34.3 Å². The third-order valence-electron chi connectivity index (χ3n) is 5.63. The van der Waals surface area contributed by atoms with E-state index in [4.69, 9.17) is 18.9 Å². The molecule has 1 atom stereocenters. The zero-order valence-electron chi connectivity index (χ0n) is 21.1. The molecule has 0 saturated heterocycles. The van der Waals surface area contributed by atoms with Gasteiger partial charge < -0.3 is 24.3 Å². The second kappa shape index (κ2) is 11.8. The van der Waals surface area contributed by atoms with Crippen LogP contribution in [0.4, 0.5) is 10.1 Å². The van der Waals surface area contributed by atoms with Crippen molar-refractivity contribution >= 4 is 21.6 Å². The molecule has 0 unspecified atom stereocenters. The molecule has 3 aromatic carbocycles. The zero-order chi connectivity index (χ0) is 27.2. The Labute approximate surface area is 215 Å². The highest BCUT2D eigenvalue weighted by atomic mass is 32.2. The minimum Gasteiger partial charge on any atom is -0.493 e. The van der Waals surface area contributed by atoms with Crippen LogP contribution in [0.15, 0.2) is 65.6 Å². The largest absolute Gasteiger partial charge is 0.493 e. The fraction of sp³-hybridized carbons (Fsp3) is 0.269. The van der Waals surface area contributed by atoms with Crippen LogP contribution >= 0.6 is 0 Å². The molecule has 0 saturated carbocycles. The molecule has 0 aliphatic heterocycles. The predicted molar refractivity (Wildman–Crippen MR) is 137 cm³/mol. The lowest BCUT2D eigenvalue weighted by atomic mass is 10.1. The van der Waals surface area contributed by atoms with Crippen molar-refractivity contribution in [3.8, 4) is 23.0 Å². The summed E-state index contributed by atoms with van der Waals surface area (Å²) in [6.07, 6.45) is 0. The number of carbonyl (C=O) groups excluding carboxylic acids is 1. The van der Waals surface area contributed by atoms with E-state index in [1.807, 2.05) is 0 Å². The molecule has 11 heteroatoms. The molecule has 0 aliphatic carbocycles. The van der Waals surface area contributed by atoms with Crippen molar-refractivity contribution in [2.24, 2.45) is 0 Å². The predicted octanol–water partition coefficient (Wildman–Crippen LogP) is 3.93. The highest BCUT2D eigenvalue weighted by molar-refractivity contribution is 7.92. The Kier molecular flexibility index (Phi) is 8.82. The molecule has 37 heavy (non-hydrogen) atoms. The first kappa shape index (κ1) is 27.6. The second-order valence-corrected chi connectivity index (χ2v) is 9.77. The van der Waals surface area contributed by atoms with Crippen molar-refractivity contribution in [2.45, 2.75) is 17.9 Å². The van der Waals surface area contributed by atoms with Crippen molar-refractivity contribution < 1.29 is 36.6 Å². The number of hydrogen-bond acceptors (Lipinski definition) is 7. The van der Waals surface area contributed by atoms with E-state index in [0.717, 1.165) is 22.0 Å². The fourth-order valence-electron chi connectivity index (χ4n) is 3.65. The van der Waals surface area contributed by atoms with Gasteiger partial charge in [-0.25, -0.2) is 12.8 Å². The average molecular weight is 533 g/mol. The third kappa shape index (κ3) is 6.23. The molecule has 0 radical (unpaired) electrons. The minimum atomic E-state index is -4.26. The zero-order valence-corrected chi connectivity index (χ0v) is 22.0. The minimum absolute atomic E-state index is 0.116. The van der Waals surface area contributed by atoms with Crippen molar-refractivity contribution in [2.75, 3.05) is 39.3 Å². The van der Waals surface area contributed by atoms with Crippen molar-refractivity contribution in [1.82, 2.24) is 5.32 Å². The van der Waals surface area contributed by atoms with Crippen molar-refractivity contribution in [3.05, 3.63) is 72.0 Å². The Bertz CT molecular complexity index is 1350. The SMILES string of the molecule is COc1ccc([C@H](C)NC(=O)CN(c2ccc(F)cc2)S(=O)(=O)c2ccc(OC)c(OC)c2)cc1OC. The lowest BCUT2D eigenvalue weighted by Gasteiger charge is -2.25. The van der Waals surface area contributed by atoms with Gasteiger partial charge in [0, 0.05) is 6.07 Å². The Morgan fingerprint density at radius 2 is 1.38 bits per heavy atom. The van der Waals surface area contributed by atoms with E-state index in [0.29, 0.717) is 17.2 Å². The summed E-state index contributed by atoms with van der Waals surface area (Å²) >= 11 is 0. The molecule has 0 spiro atoms. The number of carbonyl (C=O) groups is 1. The van der Waals surface area contributed by atoms with Gasteiger partial charge in [0.2, 0.25) is 5.91 Å². The number of hydrogen-bond donors (Lipinski definition) is 1. The van der Waals surface area contributed by atoms with E-state index in [1.54, 1.807) is 25.1 Å². The topological polar surface area (TPSA) is 103 Å². The van der Waals surface area contributed by atoms with E-state index in [2.05, 4.69) is 5.32 Å². The van der Waals surface area contributed by atoms with Crippen LogP contribution in [0.25, 0.3) is 0 Å². The van der Waals surface area contributed by atoms with Crippen LogP contribution in [-0.4, -0.2) is 49.3 Å². The van der Waals surface area contributed by atoms with Gasteiger partial charge >= 0.3 is 0 Å². The fourth-order valence-corrected chi connectivity index (χ4v) is 5.09. The van der Waals surface area contributed by atoms with Gasteiger partial charge in [0.25, 0.3) is 10.0 Å². The molecule has 0 bridgehead atoms. The molecular weight excluding hydrogens is 503 g/mol. The maximum Gasteiger partial charge on any atom is 0.264 e. The first-order valence-electron chi connectivity index (χ1n) is 11.2.